The van der Waals surface area contributed by atoms with Gasteiger partial charge in [-0.25, -0.2) is 4.79 Å². The summed E-state index contributed by atoms with van der Waals surface area (Å²) in [5, 5.41) is 16.7. The van der Waals surface area contributed by atoms with E-state index in [1.807, 2.05) is 30.3 Å². The summed E-state index contributed by atoms with van der Waals surface area (Å²) in [4.78, 5) is 47.7. The first-order valence-electron chi connectivity index (χ1n) is 10.8. The van der Waals surface area contributed by atoms with Gasteiger partial charge in [0.25, 0.3) is 5.69 Å². The molecule has 1 saturated carbocycles. The van der Waals surface area contributed by atoms with Crippen LogP contribution in [0, 0.1) is 10.1 Å². The Labute approximate surface area is 188 Å². The molecule has 3 aromatic rings. The van der Waals surface area contributed by atoms with Gasteiger partial charge in [0.05, 0.1) is 16.5 Å². The fourth-order valence-electron chi connectivity index (χ4n) is 3.63. The van der Waals surface area contributed by atoms with Gasteiger partial charge in [0.2, 0.25) is 11.8 Å². The van der Waals surface area contributed by atoms with Gasteiger partial charge in [-0.2, -0.15) is 0 Å². The maximum absolute atomic E-state index is 12.6. The zero-order valence-corrected chi connectivity index (χ0v) is 17.9. The van der Waals surface area contributed by atoms with E-state index in [9.17, 15) is 24.5 Å². The average molecular weight is 452 g/mol. The lowest BCUT2D eigenvalue weighted by atomic mass is 10.0. The summed E-state index contributed by atoms with van der Waals surface area (Å²) in [5.74, 6) is -1.14. The Morgan fingerprint density at radius 3 is 2.64 bits per heavy atom. The number of non-ortho nitro benzene ring substituents is 1. The molecule has 1 atom stereocenters. The zero-order valence-electron chi connectivity index (χ0n) is 17.9. The fraction of sp³-hybridized carbons (Fsp3) is 0.348. The van der Waals surface area contributed by atoms with Gasteiger partial charge < -0.3 is 15.1 Å². The molecule has 0 spiro atoms. The molecule has 1 fully saturated rings. The van der Waals surface area contributed by atoms with Crippen LogP contribution in [0.4, 0.5) is 5.69 Å². The topological polar surface area (TPSA) is 136 Å². The van der Waals surface area contributed by atoms with Gasteiger partial charge in [-0.15, -0.1) is 0 Å². The minimum Gasteiger partial charge on any atom is -0.407 e. The van der Waals surface area contributed by atoms with Crippen molar-refractivity contribution < 1.29 is 18.9 Å². The van der Waals surface area contributed by atoms with E-state index >= 15 is 0 Å². The molecule has 172 valence electrons. The zero-order chi connectivity index (χ0) is 23.4. The number of carbonyl (C=O) groups excluding carboxylic acids is 2. The molecule has 0 radical (unpaired) electrons. The third-order valence-electron chi connectivity index (χ3n) is 5.51. The monoisotopic (exact) mass is 452 g/mol. The third kappa shape index (κ3) is 5.65. The van der Waals surface area contributed by atoms with Crippen LogP contribution >= 0.6 is 0 Å². The first-order chi connectivity index (χ1) is 15.9. The highest BCUT2D eigenvalue weighted by molar-refractivity contribution is 5.88. The summed E-state index contributed by atoms with van der Waals surface area (Å²) in [6.45, 7) is 0.203. The lowest BCUT2D eigenvalue weighted by Gasteiger charge is -2.18. The number of nitrogens with zero attached hydrogens (tertiary/aromatic N) is 2. The van der Waals surface area contributed by atoms with Gasteiger partial charge in [0.15, 0.2) is 5.58 Å². The van der Waals surface area contributed by atoms with Crippen molar-refractivity contribution in [2.75, 3.05) is 0 Å². The molecule has 1 aromatic heterocycles. The molecule has 2 aromatic carbocycles. The number of carbonyl (C=O) groups is 2. The van der Waals surface area contributed by atoms with E-state index in [1.165, 1.54) is 22.8 Å². The molecule has 10 nitrogen and oxygen atoms in total. The van der Waals surface area contributed by atoms with Gasteiger partial charge in [-0.05, 0) is 30.9 Å². The Hall–Kier alpha value is -3.95. The second-order valence-electron chi connectivity index (χ2n) is 8.12. The van der Waals surface area contributed by atoms with E-state index in [0.29, 0.717) is 18.4 Å². The van der Waals surface area contributed by atoms with Gasteiger partial charge >= 0.3 is 5.76 Å². The van der Waals surface area contributed by atoms with Crippen molar-refractivity contribution in [1.82, 2.24) is 15.2 Å². The SMILES string of the molecule is O=C(CCCn1c(=O)oc2cc([N+](=O)[O-])ccc21)NC(Cc1ccccc1)C(=O)NC1CC1. The summed E-state index contributed by atoms with van der Waals surface area (Å²) < 4.78 is 6.44. The molecule has 2 N–H and O–H groups in total. The van der Waals surface area contributed by atoms with E-state index in [-0.39, 0.29) is 42.1 Å². The number of nitrogens with one attached hydrogen (secondary N) is 2. The van der Waals surface area contributed by atoms with E-state index in [0.717, 1.165) is 18.4 Å². The molecule has 0 saturated heterocycles. The molecule has 1 aliphatic carbocycles. The molecule has 0 aliphatic heterocycles. The molecule has 10 heteroatoms. The average Bonchev–Trinajstić information content (AvgIpc) is 3.55. The first kappa shape index (κ1) is 22.3. The van der Waals surface area contributed by atoms with E-state index in [4.69, 9.17) is 4.42 Å². The highest BCUT2D eigenvalue weighted by Crippen LogP contribution is 2.21. The van der Waals surface area contributed by atoms with Crippen molar-refractivity contribution in [3.8, 4) is 0 Å². The number of aromatic nitrogens is 1. The van der Waals surface area contributed by atoms with Crippen LogP contribution in [0.25, 0.3) is 11.1 Å². The van der Waals surface area contributed by atoms with Gasteiger partial charge in [-0.3, -0.25) is 24.3 Å². The number of benzene rings is 2. The predicted octanol–water partition coefficient (Wildman–Crippen LogP) is 2.29. The lowest BCUT2D eigenvalue weighted by molar-refractivity contribution is -0.384. The van der Waals surface area contributed by atoms with Crippen molar-refractivity contribution in [3.63, 3.8) is 0 Å². The predicted molar refractivity (Wildman–Crippen MR) is 120 cm³/mol. The van der Waals surface area contributed by atoms with Gasteiger partial charge in [0.1, 0.15) is 6.04 Å². The molecule has 1 aliphatic rings. The highest BCUT2D eigenvalue weighted by atomic mass is 16.6. The highest BCUT2D eigenvalue weighted by Gasteiger charge is 2.28. The third-order valence-corrected chi connectivity index (χ3v) is 5.51. The Morgan fingerprint density at radius 2 is 1.94 bits per heavy atom. The van der Waals surface area contributed by atoms with Crippen LogP contribution in [-0.2, 0) is 22.6 Å². The molecule has 1 unspecified atom stereocenters. The Kier molecular flexibility index (Phi) is 6.53. The summed E-state index contributed by atoms with van der Waals surface area (Å²) in [5.41, 5.74) is 1.33. The number of amides is 2. The van der Waals surface area contributed by atoms with Crippen LogP contribution < -0.4 is 16.4 Å². The first-order valence-corrected chi connectivity index (χ1v) is 10.8. The molecular formula is C23H24N4O6. The van der Waals surface area contributed by atoms with Crippen molar-refractivity contribution >= 4 is 28.6 Å². The normalized spacial score (nSPS) is 14.1. The number of aryl methyl sites for hydroxylation is 1. The molecule has 33 heavy (non-hydrogen) atoms. The van der Waals surface area contributed by atoms with E-state index in [2.05, 4.69) is 10.6 Å². The van der Waals surface area contributed by atoms with Crippen molar-refractivity contribution in [3.05, 3.63) is 74.8 Å². The molecule has 4 rings (SSSR count). The smallest absolute Gasteiger partial charge is 0.407 e. The molecule has 1 heterocycles. The summed E-state index contributed by atoms with van der Waals surface area (Å²) in [7, 11) is 0. The lowest BCUT2D eigenvalue weighted by Crippen LogP contribution is -2.48. The Morgan fingerprint density at radius 1 is 1.18 bits per heavy atom. The second kappa shape index (κ2) is 9.68. The van der Waals surface area contributed by atoms with Crippen molar-refractivity contribution in [1.29, 1.82) is 0 Å². The van der Waals surface area contributed by atoms with Crippen LogP contribution in [0.3, 0.4) is 0 Å². The van der Waals surface area contributed by atoms with E-state index in [1.54, 1.807) is 0 Å². The summed E-state index contributed by atoms with van der Waals surface area (Å²) >= 11 is 0. The number of oxazole rings is 1. The molecule has 0 bridgehead atoms. The quantitative estimate of drug-likeness (QED) is 0.358. The summed E-state index contributed by atoms with van der Waals surface area (Å²) in [6.07, 6.45) is 2.73. The Bertz CT molecular complexity index is 1230. The maximum atomic E-state index is 12.6. The summed E-state index contributed by atoms with van der Waals surface area (Å²) in [6, 6.07) is 12.9. The number of nitro groups is 1. The maximum Gasteiger partial charge on any atom is 0.419 e. The van der Waals surface area contributed by atoms with Crippen molar-refractivity contribution in [2.24, 2.45) is 0 Å². The van der Waals surface area contributed by atoms with Gasteiger partial charge in [-0.1, -0.05) is 30.3 Å². The van der Waals surface area contributed by atoms with Crippen LogP contribution in [0.15, 0.2) is 57.7 Å². The van der Waals surface area contributed by atoms with Crippen LogP contribution in [0.1, 0.15) is 31.2 Å². The Balaban J connectivity index is 1.37. The van der Waals surface area contributed by atoms with Crippen LogP contribution in [0.5, 0.6) is 0 Å². The van der Waals surface area contributed by atoms with Gasteiger partial charge in [0, 0.05) is 31.5 Å². The standard InChI is InChI=1S/C23H24N4O6/c28-21(25-18(22(29)24-16-8-9-16)13-15-5-2-1-3-6-15)7-4-12-26-19-11-10-17(27(31)32)14-20(19)33-23(26)30/h1-3,5-6,10-11,14,16,18H,4,7-9,12-13H2,(H,24,29)(H,25,28). The van der Waals surface area contributed by atoms with Crippen LogP contribution in [0.2, 0.25) is 0 Å². The van der Waals surface area contributed by atoms with Crippen LogP contribution in [-0.4, -0.2) is 33.4 Å². The van der Waals surface area contributed by atoms with E-state index < -0.39 is 16.7 Å². The molecular weight excluding hydrogens is 428 g/mol. The number of nitro benzene ring substituents is 1. The largest absolute Gasteiger partial charge is 0.419 e. The minimum atomic E-state index is -0.682. The molecule has 2 amide bonds. The number of rotatable bonds is 10. The fourth-order valence-corrected chi connectivity index (χ4v) is 3.63. The minimum absolute atomic E-state index is 0.105. The number of fused-ring (bicyclic) bond motifs is 1. The van der Waals surface area contributed by atoms with Crippen molar-refractivity contribution in [2.45, 2.75) is 50.7 Å². The number of hydrogen-bond acceptors (Lipinski definition) is 6. The number of hydrogen-bond donors (Lipinski definition) is 2. The second-order valence-corrected chi connectivity index (χ2v) is 8.12.